The third-order valence-corrected chi connectivity index (χ3v) is 7.82. The number of phenols is 1. The van der Waals surface area contributed by atoms with Gasteiger partial charge in [0.2, 0.25) is 0 Å². The van der Waals surface area contributed by atoms with Gasteiger partial charge in [0.05, 0.1) is 42.2 Å². The number of ether oxygens (including phenoxy) is 4. The quantitative estimate of drug-likeness (QED) is 0.267. The number of methoxy groups -OCH3 is 1. The normalized spacial score (nSPS) is 14.6. The third-order valence-electron chi connectivity index (χ3n) is 6.84. The van der Waals surface area contributed by atoms with Crippen molar-refractivity contribution in [1.82, 2.24) is 4.57 Å². The van der Waals surface area contributed by atoms with E-state index in [1.807, 2.05) is 43.3 Å². The molecule has 1 unspecified atom stereocenters. The molecular formula is C33H32N2O7S. The Hall–Kier alpha value is -4.83. The predicted molar refractivity (Wildman–Crippen MR) is 163 cm³/mol. The van der Waals surface area contributed by atoms with E-state index < -0.39 is 12.0 Å². The van der Waals surface area contributed by atoms with Gasteiger partial charge in [-0.25, -0.2) is 9.79 Å². The van der Waals surface area contributed by atoms with Crippen LogP contribution in [-0.2, 0) is 16.1 Å². The molecule has 0 aliphatic carbocycles. The molecule has 5 rings (SSSR count). The molecule has 0 amide bonds. The second-order valence-electron chi connectivity index (χ2n) is 9.65. The molecule has 43 heavy (non-hydrogen) atoms. The lowest BCUT2D eigenvalue weighted by atomic mass is 9.95. The topological polar surface area (TPSA) is 109 Å². The zero-order chi connectivity index (χ0) is 30.5. The maximum Gasteiger partial charge on any atom is 0.338 e. The molecule has 9 nitrogen and oxygen atoms in total. The van der Waals surface area contributed by atoms with Crippen molar-refractivity contribution in [2.24, 2.45) is 4.99 Å². The van der Waals surface area contributed by atoms with Crippen molar-refractivity contribution >= 4 is 23.4 Å². The summed E-state index contributed by atoms with van der Waals surface area (Å²) in [4.78, 5) is 32.3. The van der Waals surface area contributed by atoms with Gasteiger partial charge >= 0.3 is 5.97 Å². The maximum absolute atomic E-state index is 14.0. The summed E-state index contributed by atoms with van der Waals surface area (Å²) in [5.41, 5.74) is 2.72. The molecule has 0 radical (unpaired) electrons. The number of hydrogen-bond acceptors (Lipinski definition) is 9. The van der Waals surface area contributed by atoms with Crippen LogP contribution in [0.5, 0.6) is 23.0 Å². The number of phenolic OH excluding ortho intramolecular Hbond substituents is 1. The number of carbonyl (C=O) groups is 1. The van der Waals surface area contributed by atoms with Crippen LogP contribution in [0.1, 0.15) is 43.5 Å². The van der Waals surface area contributed by atoms with E-state index in [9.17, 15) is 14.7 Å². The maximum atomic E-state index is 14.0. The van der Waals surface area contributed by atoms with E-state index in [1.165, 1.54) is 22.0 Å². The Morgan fingerprint density at radius 3 is 2.51 bits per heavy atom. The first-order valence-corrected chi connectivity index (χ1v) is 14.7. The number of allylic oxidation sites excluding steroid dienone is 1. The van der Waals surface area contributed by atoms with Gasteiger partial charge in [0.1, 0.15) is 6.61 Å². The Labute approximate surface area is 252 Å². The average Bonchev–Trinajstić information content (AvgIpc) is 3.31. The van der Waals surface area contributed by atoms with Gasteiger partial charge in [0, 0.05) is 0 Å². The van der Waals surface area contributed by atoms with Gasteiger partial charge in [-0.3, -0.25) is 9.36 Å². The molecule has 1 aliphatic rings. The van der Waals surface area contributed by atoms with E-state index in [0.29, 0.717) is 56.6 Å². The first kappa shape index (κ1) is 29.7. The summed E-state index contributed by atoms with van der Waals surface area (Å²) >= 11 is 1.21. The number of aromatic hydroxyl groups is 1. The van der Waals surface area contributed by atoms with E-state index >= 15 is 0 Å². The summed E-state index contributed by atoms with van der Waals surface area (Å²) in [5.74, 6) is 0.773. The summed E-state index contributed by atoms with van der Waals surface area (Å²) in [5, 5.41) is 10.1. The fourth-order valence-corrected chi connectivity index (χ4v) is 5.91. The van der Waals surface area contributed by atoms with Gasteiger partial charge < -0.3 is 24.1 Å². The number of benzene rings is 3. The summed E-state index contributed by atoms with van der Waals surface area (Å²) in [6.07, 6.45) is 1.72. The van der Waals surface area contributed by atoms with Gasteiger partial charge in [-0.1, -0.05) is 53.8 Å². The van der Waals surface area contributed by atoms with E-state index in [-0.39, 0.29) is 23.5 Å². The highest BCUT2D eigenvalue weighted by Crippen LogP contribution is 2.36. The number of hydrogen-bond donors (Lipinski definition) is 1. The minimum atomic E-state index is -0.812. The first-order chi connectivity index (χ1) is 20.8. The smallest absolute Gasteiger partial charge is 0.338 e. The molecule has 1 atom stereocenters. The summed E-state index contributed by atoms with van der Waals surface area (Å²) in [7, 11) is 1.54. The van der Waals surface area contributed by atoms with Crippen LogP contribution in [-0.4, -0.2) is 36.0 Å². The summed E-state index contributed by atoms with van der Waals surface area (Å²) < 4.78 is 24.5. The first-order valence-electron chi connectivity index (χ1n) is 13.8. The average molecular weight is 601 g/mol. The molecule has 1 aromatic heterocycles. The zero-order valence-electron chi connectivity index (χ0n) is 24.3. The van der Waals surface area contributed by atoms with Crippen LogP contribution >= 0.6 is 11.3 Å². The Balaban J connectivity index is 1.61. The van der Waals surface area contributed by atoms with Crippen molar-refractivity contribution in [3.05, 3.63) is 114 Å². The third kappa shape index (κ3) is 6.19. The minimum absolute atomic E-state index is 0.0142. The SMILES string of the molecule is CCOC(=O)C1=C(C)N=c2s/c(=C\c3ccc(O)c(OCC)c3)c(=O)n2C1c1ccc(OCc2ccccc2)c(OC)c1. The fourth-order valence-electron chi connectivity index (χ4n) is 4.86. The van der Waals surface area contributed by atoms with E-state index in [2.05, 4.69) is 4.99 Å². The van der Waals surface area contributed by atoms with Gasteiger partial charge in [-0.05, 0) is 67.8 Å². The number of rotatable bonds is 10. The number of esters is 1. The van der Waals surface area contributed by atoms with Gasteiger partial charge in [0.15, 0.2) is 27.8 Å². The molecule has 3 aromatic carbocycles. The highest BCUT2D eigenvalue weighted by Gasteiger charge is 2.34. The van der Waals surface area contributed by atoms with E-state index in [4.69, 9.17) is 18.9 Å². The molecular weight excluding hydrogens is 568 g/mol. The molecule has 0 spiro atoms. The second kappa shape index (κ2) is 13.0. The molecule has 2 heterocycles. The Morgan fingerprint density at radius 2 is 1.79 bits per heavy atom. The monoisotopic (exact) mass is 600 g/mol. The molecule has 0 fully saturated rings. The molecule has 222 valence electrons. The van der Waals surface area contributed by atoms with Crippen LogP contribution in [0.2, 0.25) is 0 Å². The largest absolute Gasteiger partial charge is 0.504 e. The lowest BCUT2D eigenvalue weighted by Gasteiger charge is -2.25. The number of aromatic nitrogens is 1. The van der Waals surface area contributed by atoms with Crippen molar-refractivity contribution in [3.63, 3.8) is 0 Å². The Bertz CT molecular complexity index is 1860. The second-order valence-corrected chi connectivity index (χ2v) is 10.7. The van der Waals surface area contributed by atoms with Crippen molar-refractivity contribution in [1.29, 1.82) is 0 Å². The van der Waals surface area contributed by atoms with Crippen molar-refractivity contribution < 1.29 is 28.8 Å². The molecule has 0 bridgehead atoms. The van der Waals surface area contributed by atoms with Crippen LogP contribution in [0.4, 0.5) is 0 Å². The van der Waals surface area contributed by atoms with E-state index in [1.54, 1.807) is 51.3 Å². The summed E-state index contributed by atoms with van der Waals surface area (Å²) in [6.45, 7) is 6.19. The number of nitrogens with zero attached hydrogens (tertiary/aromatic N) is 2. The fraction of sp³-hybridized carbons (Fsp3) is 0.242. The minimum Gasteiger partial charge on any atom is -0.504 e. The van der Waals surface area contributed by atoms with Gasteiger partial charge in [-0.15, -0.1) is 0 Å². The Morgan fingerprint density at radius 1 is 1.00 bits per heavy atom. The van der Waals surface area contributed by atoms with Gasteiger partial charge in [-0.2, -0.15) is 0 Å². The highest BCUT2D eigenvalue weighted by atomic mass is 32.1. The number of carbonyl (C=O) groups excluding carboxylic acids is 1. The lowest BCUT2D eigenvalue weighted by Crippen LogP contribution is -2.40. The molecule has 4 aromatic rings. The van der Waals surface area contributed by atoms with Crippen molar-refractivity contribution in [2.45, 2.75) is 33.4 Å². The summed E-state index contributed by atoms with van der Waals surface area (Å²) in [6, 6.07) is 19.2. The van der Waals surface area contributed by atoms with Crippen LogP contribution < -0.4 is 29.1 Å². The highest BCUT2D eigenvalue weighted by molar-refractivity contribution is 7.07. The zero-order valence-corrected chi connectivity index (χ0v) is 25.1. The Kier molecular flexibility index (Phi) is 8.96. The molecule has 1 N–H and O–H groups in total. The van der Waals surface area contributed by atoms with Gasteiger partial charge in [0.25, 0.3) is 5.56 Å². The predicted octanol–water partition coefficient (Wildman–Crippen LogP) is 4.49. The molecule has 10 heteroatoms. The standard InChI is InChI=1S/C33H32N2O7S/c1-5-40-26-16-22(12-14-24(26)36)17-28-31(37)35-30(29(32(38)41-6-2)20(3)34-33(35)43-28)23-13-15-25(27(18-23)39-4)42-19-21-10-8-7-9-11-21/h7-18,30,36H,5-6,19H2,1-4H3/b28-17-. The van der Waals surface area contributed by atoms with Crippen molar-refractivity contribution in [3.8, 4) is 23.0 Å². The molecule has 0 saturated heterocycles. The van der Waals surface area contributed by atoms with Crippen molar-refractivity contribution in [2.75, 3.05) is 20.3 Å². The molecule has 1 aliphatic heterocycles. The molecule has 0 saturated carbocycles. The van der Waals surface area contributed by atoms with Crippen LogP contribution in [0.25, 0.3) is 6.08 Å². The van der Waals surface area contributed by atoms with Crippen LogP contribution in [0.15, 0.2) is 87.8 Å². The number of thiazole rings is 1. The number of fused-ring (bicyclic) bond motifs is 1. The van der Waals surface area contributed by atoms with Crippen LogP contribution in [0.3, 0.4) is 0 Å². The lowest BCUT2D eigenvalue weighted by molar-refractivity contribution is -0.139. The van der Waals surface area contributed by atoms with E-state index in [0.717, 1.165) is 5.56 Å². The van der Waals surface area contributed by atoms with Crippen LogP contribution in [0, 0.1) is 0 Å².